The van der Waals surface area contributed by atoms with Crippen molar-refractivity contribution in [2.24, 2.45) is 0 Å². The first-order valence-corrected chi connectivity index (χ1v) is 8.21. The molecule has 2 aromatic carbocycles. The van der Waals surface area contributed by atoms with E-state index < -0.39 is 0 Å². The van der Waals surface area contributed by atoms with E-state index in [0.717, 1.165) is 28.8 Å². The summed E-state index contributed by atoms with van der Waals surface area (Å²) >= 11 is 0. The lowest BCUT2D eigenvalue weighted by Crippen LogP contribution is -2.26. The molecule has 0 spiro atoms. The van der Waals surface area contributed by atoms with Crippen LogP contribution < -0.4 is 11.1 Å². The lowest BCUT2D eigenvalue weighted by molar-refractivity contribution is 0.0954. The largest absolute Gasteiger partial charge is 0.399 e. The summed E-state index contributed by atoms with van der Waals surface area (Å²) in [6.45, 7) is 4.29. The van der Waals surface area contributed by atoms with Gasteiger partial charge in [-0.05, 0) is 43.5 Å². The van der Waals surface area contributed by atoms with Crippen molar-refractivity contribution >= 4 is 11.6 Å². The number of amides is 1. The molecule has 128 valence electrons. The lowest BCUT2D eigenvalue weighted by Gasteiger charge is -2.07. The Morgan fingerprint density at radius 1 is 1.12 bits per heavy atom. The molecule has 1 heterocycles. The van der Waals surface area contributed by atoms with Crippen molar-refractivity contribution in [1.29, 1.82) is 0 Å². The minimum absolute atomic E-state index is 0.174. The molecule has 3 rings (SSSR count). The van der Waals surface area contributed by atoms with Gasteiger partial charge in [-0.15, -0.1) is 0 Å². The molecule has 0 bridgehead atoms. The third kappa shape index (κ3) is 3.71. The number of nitrogens with zero attached hydrogens (tertiary/aromatic N) is 1. The van der Waals surface area contributed by atoms with Crippen molar-refractivity contribution in [2.45, 2.75) is 20.3 Å². The van der Waals surface area contributed by atoms with Crippen LogP contribution in [0.25, 0.3) is 11.3 Å². The third-order valence-electron chi connectivity index (χ3n) is 4.16. The second-order valence-electron chi connectivity index (χ2n) is 6.03. The predicted octanol–water partition coefficient (Wildman–Crippen LogP) is 3.51. The van der Waals surface area contributed by atoms with Crippen LogP contribution in [0.5, 0.6) is 0 Å². The monoisotopic (exact) mass is 335 g/mol. The van der Waals surface area contributed by atoms with Gasteiger partial charge in [0.1, 0.15) is 5.56 Å². The van der Waals surface area contributed by atoms with E-state index in [4.69, 9.17) is 10.3 Å². The molecule has 0 fully saturated rings. The van der Waals surface area contributed by atoms with Crippen molar-refractivity contribution in [3.8, 4) is 11.3 Å². The molecule has 25 heavy (non-hydrogen) atoms. The first kappa shape index (κ1) is 16.8. The molecule has 0 aliphatic rings. The van der Waals surface area contributed by atoms with Gasteiger partial charge in [-0.1, -0.05) is 41.6 Å². The first-order chi connectivity index (χ1) is 12.1. The number of nitrogens with one attached hydrogen (secondary N) is 1. The number of carbonyl (C=O) groups is 1. The topological polar surface area (TPSA) is 81.2 Å². The van der Waals surface area contributed by atoms with Crippen molar-refractivity contribution in [3.05, 3.63) is 70.9 Å². The maximum atomic E-state index is 12.6. The molecule has 3 N–H and O–H groups in total. The summed E-state index contributed by atoms with van der Waals surface area (Å²) in [7, 11) is 0. The third-order valence-corrected chi connectivity index (χ3v) is 4.16. The van der Waals surface area contributed by atoms with Crippen molar-refractivity contribution < 1.29 is 9.32 Å². The van der Waals surface area contributed by atoms with Gasteiger partial charge in [0.05, 0.1) is 5.69 Å². The van der Waals surface area contributed by atoms with E-state index in [1.54, 1.807) is 6.92 Å². The Labute approximate surface area is 146 Å². The molecule has 1 aromatic heterocycles. The highest BCUT2D eigenvalue weighted by Gasteiger charge is 2.22. The summed E-state index contributed by atoms with van der Waals surface area (Å²) in [5.41, 5.74) is 10.5. The van der Waals surface area contributed by atoms with Crippen LogP contribution in [0, 0.1) is 13.8 Å². The Morgan fingerprint density at radius 3 is 2.56 bits per heavy atom. The standard InChI is InChI=1S/C20H21N3O2/c1-13-5-3-4-6-17(13)19-18(14(2)23-25-19)20(24)22-12-11-15-7-9-16(21)10-8-15/h3-10H,11-12,21H2,1-2H3,(H,22,24). The fourth-order valence-electron chi connectivity index (χ4n) is 2.74. The van der Waals surface area contributed by atoms with Crippen LogP contribution in [-0.2, 0) is 6.42 Å². The number of aromatic nitrogens is 1. The van der Waals surface area contributed by atoms with Gasteiger partial charge >= 0.3 is 0 Å². The van der Waals surface area contributed by atoms with Crippen molar-refractivity contribution in [1.82, 2.24) is 10.5 Å². The van der Waals surface area contributed by atoms with E-state index in [9.17, 15) is 4.79 Å². The number of nitrogens with two attached hydrogens (primary N) is 1. The highest BCUT2D eigenvalue weighted by atomic mass is 16.5. The minimum atomic E-state index is -0.174. The molecular weight excluding hydrogens is 314 g/mol. The normalized spacial score (nSPS) is 10.6. The lowest BCUT2D eigenvalue weighted by atomic mass is 10.0. The average molecular weight is 335 g/mol. The van der Waals surface area contributed by atoms with Gasteiger partial charge < -0.3 is 15.6 Å². The second kappa shape index (κ2) is 7.21. The van der Waals surface area contributed by atoms with Crippen LogP contribution in [0.15, 0.2) is 53.1 Å². The van der Waals surface area contributed by atoms with Crippen LogP contribution in [0.2, 0.25) is 0 Å². The van der Waals surface area contributed by atoms with Gasteiger partial charge in [-0.2, -0.15) is 0 Å². The Hall–Kier alpha value is -3.08. The number of hydrogen-bond donors (Lipinski definition) is 2. The zero-order valence-corrected chi connectivity index (χ0v) is 14.4. The number of benzene rings is 2. The van der Waals surface area contributed by atoms with Crippen LogP contribution in [0.3, 0.4) is 0 Å². The summed E-state index contributed by atoms with van der Waals surface area (Å²) in [5, 5.41) is 6.93. The van der Waals surface area contributed by atoms with Crippen LogP contribution in [0.1, 0.15) is 27.2 Å². The van der Waals surface area contributed by atoms with Gasteiger partial charge in [0, 0.05) is 17.8 Å². The number of hydrogen-bond acceptors (Lipinski definition) is 4. The fraction of sp³-hybridized carbons (Fsp3) is 0.200. The van der Waals surface area contributed by atoms with Crippen LogP contribution >= 0.6 is 0 Å². The van der Waals surface area contributed by atoms with Gasteiger partial charge in [0.15, 0.2) is 5.76 Å². The molecule has 0 unspecified atom stereocenters. The molecule has 1 amide bonds. The van der Waals surface area contributed by atoms with Crippen molar-refractivity contribution in [3.63, 3.8) is 0 Å². The summed E-state index contributed by atoms with van der Waals surface area (Å²) in [6, 6.07) is 15.4. The number of rotatable bonds is 5. The maximum absolute atomic E-state index is 12.6. The zero-order valence-electron chi connectivity index (χ0n) is 14.4. The molecule has 0 aliphatic heterocycles. The zero-order chi connectivity index (χ0) is 17.8. The number of nitrogen functional groups attached to an aromatic ring is 1. The quantitative estimate of drug-likeness (QED) is 0.699. The Bertz CT molecular complexity index is 882. The molecule has 0 saturated heterocycles. The molecular formula is C20H21N3O2. The summed E-state index contributed by atoms with van der Waals surface area (Å²) in [5.74, 6) is 0.341. The molecule has 3 aromatic rings. The van der Waals surface area contributed by atoms with E-state index in [1.165, 1.54) is 0 Å². The SMILES string of the molecule is Cc1ccccc1-c1onc(C)c1C(=O)NCCc1ccc(N)cc1. The summed E-state index contributed by atoms with van der Waals surface area (Å²) < 4.78 is 5.44. The van der Waals surface area contributed by atoms with Gasteiger partial charge in [-0.3, -0.25) is 4.79 Å². The van der Waals surface area contributed by atoms with E-state index in [0.29, 0.717) is 23.6 Å². The van der Waals surface area contributed by atoms with Crippen LogP contribution in [0.4, 0.5) is 5.69 Å². The molecule has 0 saturated carbocycles. The van der Waals surface area contributed by atoms with Gasteiger partial charge in [-0.25, -0.2) is 0 Å². The van der Waals surface area contributed by atoms with E-state index in [-0.39, 0.29) is 5.91 Å². The Kier molecular flexibility index (Phi) is 4.84. The van der Waals surface area contributed by atoms with Gasteiger partial charge in [0.25, 0.3) is 5.91 Å². The smallest absolute Gasteiger partial charge is 0.257 e. The Balaban J connectivity index is 1.73. The number of carbonyl (C=O) groups excluding carboxylic acids is 1. The minimum Gasteiger partial charge on any atom is -0.399 e. The average Bonchev–Trinajstić information content (AvgIpc) is 2.98. The molecule has 0 aliphatic carbocycles. The fourth-order valence-corrected chi connectivity index (χ4v) is 2.74. The molecule has 5 heteroatoms. The highest BCUT2D eigenvalue weighted by Crippen LogP contribution is 2.28. The van der Waals surface area contributed by atoms with E-state index in [1.807, 2.05) is 55.5 Å². The Morgan fingerprint density at radius 2 is 1.84 bits per heavy atom. The van der Waals surface area contributed by atoms with Gasteiger partial charge in [0.2, 0.25) is 0 Å². The summed E-state index contributed by atoms with van der Waals surface area (Å²) in [6.07, 6.45) is 0.732. The molecule has 5 nitrogen and oxygen atoms in total. The highest BCUT2D eigenvalue weighted by molar-refractivity contribution is 6.00. The van der Waals surface area contributed by atoms with E-state index >= 15 is 0 Å². The molecule has 0 radical (unpaired) electrons. The number of anilines is 1. The maximum Gasteiger partial charge on any atom is 0.257 e. The van der Waals surface area contributed by atoms with Crippen LogP contribution in [-0.4, -0.2) is 17.6 Å². The predicted molar refractivity (Wildman–Crippen MR) is 98.3 cm³/mol. The summed E-state index contributed by atoms with van der Waals surface area (Å²) in [4.78, 5) is 12.6. The van der Waals surface area contributed by atoms with Crippen molar-refractivity contribution in [2.75, 3.05) is 12.3 Å². The first-order valence-electron chi connectivity index (χ1n) is 8.21. The molecule has 0 atom stereocenters. The van der Waals surface area contributed by atoms with E-state index in [2.05, 4.69) is 10.5 Å². The second-order valence-corrected chi connectivity index (χ2v) is 6.03. The number of aryl methyl sites for hydroxylation is 2.